The zero-order valence-electron chi connectivity index (χ0n) is 38.9. The molecule has 3 heterocycles. The SMILES string of the molecule is CC1C[C@H](O[C@@H]2OC(C(=O)O)[C@@H](O)[C@H](O[C@@H]3OC[C@@H](O)[C@H](O)C3O)C2O[C@@H]2OC(CO)[C@H](O)[C@H](O)C2O)[C@H](C=O)[C@@H]2CC[C@@]3(C)C(CC=C4C5CC(C)(C)CC[C@]5(C(=O)O)C(O)C[C@]43C)C12C. The highest BCUT2D eigenvalue weighted by molar-refractivity contribution is 5.77. The Morgan fingerprint density at radius 3 is 2.10 bits per heavy atom. The minimum Gasteiger partial charge on any atom is -0.481 e. The second kappa shape index (κ2) is 18.1. The van der Waals surface area contributed by atoms with Crippen molar-refractivity contribution in [1.82, 2.24) is 0 Å². The van der Waals surface area contributed by atoms with E-state index in [1.807, 2.05) is 0 Å². The van der Waals surface area contributed by atoms with Crippen molar-refractivity contribution in [2.75, 3.05) is 13.2 Å². The largest absolute Gasteiger partial charge is 0.481 e. The van der Waals surface area contributed by atoms with E-state index in [-0.39, 0.29) is 41.9 Å². The molecule has 5 aliphatic carbocycles. The van der Waals surface area contributed by atoms with Crippen molar-refractivity contribution < 1.29 is 99.0 Å². The lowest BCUT2D eigenvalue weighted by molar-refractivity contribution is -0.390. The normalized spacial score (nSPS) is 54.0. The quantitative estimate of drug-likeness (QED) is 0.0743. The number of aliphatic carboxylic acids is 2. The molecule has 20 nitrogen and oxygen atoms in total. The number of hydrogen-bond acceptors (Lipinski definition) is 18. The molecular formula is C47H72O20. The summed E-state index contributed by atoms with van der Waals surface area (Å²) in [6, 6.07) is 0. The topological polar surface area (TPSA) is 329 Å². The predicted octanol–water partition coefficient (Wildman–Crippen LogP) is -0.557. The molecule has 0 spiro atoms. The fourth-order valence-electron chi connectivity index (χ4n) is 14.7. The van der Waals surface area contributed by atoms with Gasteiger partial charge in [-0.15, -0.1) is 0 Å². The van der Waals surface area contributed by atoms with E-state index < -0.39 is 151 Å². The molecule has 0 amide bonds. The van der Waals surface area contributed by atoms with E-state index in [9.17, 15) is 70.6 Å². The molecule has 3 saturated heterocycles. The minimum atomic E-state index is -2.14. The van der Waals surface area contributed by atoms with Gasteiger partial charge in [0.25, 0.3) is 0 Å². The second-order valence-electron chi connectivity index (χ2n) is 22.6. The van der Waals surface area contributed by atoms with Crippen molar-refractivity contribution in [2.24, 2.45) is 56.7 Å². The van der Waals surface area contributed by atoms with Crippen LogP contribution < -0.4 is 0 Å². The number of ether oxygens (including phenoxy) is 6. The Balaban J connectivity index is 1.12. The van der Waals surface area contributed by atoms with Crippen molar-refractivity contribution >= 4 is 18.2 Å². The number of aldehydes is 1. The van der Waals surface area contributed by atoms with Crippen LogP contribution in [0.4, 0.5) is 0 Å². The highest BCUT2D eigenvalue weighted by Gasteiger charge is 2.72. The summed E-state index contributed by atoms with van der Waals surface area (Å²) in [5.41, 5.74) is -1.82. The number of aliphatic hydroxyl groups is 9. The third-order valence-electron chi connectivity index (χ3n) is 19.0. The molecule has 3 aliphatic heterocycles. The van der Waals surface area contributed by atoms with E-state index in [2.05, 4.69) is 47.6 Å². The predicted molar refractivity (Wildman–Crippen MR) is 227 cm³/mol. The van der Waals surface area contributed by atoms with Crippen LogP contribution in [0.3, 0.4) is 0 Å². The fraction of sp³-hybridized carbons (Fsp3) is 0.894. The van der Waals surface area contributed by atoms with E-state index in [4.69, 9.17) is 28.4 Å². The van der Waals surface area contributed by atoms with Crippen LogP contribution in [0.2, 0.25) is 0 Å². The molecule has 4 saturated carbocycles. The number of aliphatic hydroxyl groups excluding tert-OH is 9. The lowest BCUT2D eigenvalue weighted by atomic mass is 9.33. The van der Waals surface area contributed by atoms with E-state index >= 15 is 0 Å². The van der Waals surface area contributed by atoms with Crippen LogP contribution in [0.25, 0.3) is 0 Å². The summed E-state index contributed by atoms with van der Waals surface area (Å²) >= 11 is 0. The van der Waals surface area contributed by atoms with Crippen molar-refractivity contribution in [1.29, 1.82) is 0 Å². The number of fused-ring (bicyclic) bond motifs is 7. The molecule has 380 valence electrons. The first-order chi connectivity index (χ1) is 31.3. The Morgan fingerprint density at radius 2 is 1.46 bits per heavy atom. The molecule has 0 aromatic rings. The van der Waals surface area contributed by atoms with E-state index in [1.54, 1.807) is 0 Å². The summed E-state index contributed by atoms with van der Waals surface area (Å²) in [6.45, 7) is 11.6. The first kappa shape index (κ1) is 51.1. The lowest BCUT2D eigenvalue weighted by Gasteiger charge is -2.71. The van der Waals surface area contributed by atoms with Crippen LogP contribution in [-0.2, 0) is 42.8 Å². The molecule has 67 heavy (non-hydrogen) atoms. The van der Waals surface area contributed by atoms with Gasteiger partial charge in [0, 0.05) is 5.92 Å². The molecule has 0 aromatic heterocycles. The minimum absolute atomic E-state index is 0.0275. The lowest BCUT2D eigenvalue weighted by Crippen LogP contribution is -2.69. The Labute approximate surface area is 389 Å². The molecule has 10 unspecified atom stereocenters. The monoisotopic (exact) mass is 956 g/mol. The third-order valence-corrected chi connectivity index (χ3v) is 19.0. The maximum Gasteiger partial charge on any atom is 0.335 e. The van der Waals surface area contributed by atoms with Gasteiger partial charge >= 0.3 is 11.9 Å². The van der Waals surface area contributed by atoms with Crippen LogP contribution in [0.15, 0.2) is 11.6 Å². The van der Waals surface area contributed by atoms with E-state index in [0.29, 0.717) is 38.5 Å². The van der Waals surface area contributed by atoms with Crippen LogP contribution in [-0.4, -0.2) is 186 Å². The van der Waals surface area contributed by atoms with E-state index in [0.717, 1.165) is 11.9 Å². The Kier molecular flexibility index (Phi) is 13.8. The first-order valence-corrected chi connectivity index (χ1v) is 23.9. The number of allylic oxidation sites excluding steroid dienone is 2. The summed E-state index contributed by atoms with van der Waals surface area (Å²) < 4.78 is 35.8. The summed E-state index contributed by atoms with van der Waals surface area (Å²) in [5.74, 6) is -4.33. The van der Waals surface area contributed by atoms with Gasteiger partial charge in [-0.2, -0.15) is 0 Å². The molecule has 20 heteroatoms. The molecule has 8 aliphatic rings. The smallest absolute Gasteiger partial charge is 0.335 e. The Bertz CT molecular complexity index is 1900. The first-order valence-electron chi connectivity index (χ1n) is 23.9. The third kappa shape index (κ3) is 7.87. The molecule has 25 atom stereocenters. The number of carboxylic acid groups (broad SMARTS) is 2. The summed E-state index contributed by atoms with van der Waals surface area (Å²) in [7, 11) is 0. The average Bonchev–Trinajstić information content (AvgIpc) is 3.26. The van der Waals surface area contributed by atoms with Crippen molar-refractivity contribution in [3.8, 4) is 0 Å². The molecule has 11 N–H and O–H groups in total. The van der Waals surface area contributed by atoms with Gasteiger partial charge in [-0.05, 0) is 96.7 Å². The van der Waals surface area contributed by atoms with Gasteiger partial charge in [-0.3, -0.25) is 4.79 Å². The van der Waals surface area contributed by atoms with Gasteiger partial charge in [0.05, 0.1) is 25.4 Å². The summed E-state index contributed by atoms with van der Waals surface area (Å²) in [5, 5.41) is 118. The number of carboxylic acids is 2. The zero-order valence-corrected chi connectivity index (χ0v) is 38.9. The van der Waals surface area contributed by atoms with Crippen molar-refractivity contribution in [2.45, 2.75) is 191 Å². The molecule has 0 bridgehead atoms. The fourth-order valence-corrected chi connectivity index (χ4v) is 14.7. The summed E-state index contributed by atoms with van der Waals surface area (Å²) in [6.07, 6.45) is -21.0. The molecule has 7 fully saturated rings. The number of hydrogen-bond donors (Lipinski definition) is 11. The standard InChI is InChI=1S/C47H72O20/c1-19-13-25(20(16-48)21-9-10-44(4)27(46(19,21)6)8-7-22-23-14-43(2,3)11-12-47(23,42(60)61)28(51)15-45(22,44)5)63-41-37(67-40-33(56)31(54)30(53)26(17-49)64-40)35(34(57)36(66-41)38(58)59)65-39-32(55)29(52)24(50)18-62-39/h7,16,19-21,23-37,39-41,49-57H,8-15,17-18H2,1-6H3,(H,58,59)(H,60,61)/t19?,20-,21+,23?,24-,25+,26?,27?,28?,29+,30+,31+,32?,33?,34+,35+,36?,37?,39+,40+,41-,44+,45-,46?,47-/m1/s1. The van der Waals surface area contributed by atoms with Crippen LogP contribution in [0.5, 0.6) is 0 Å². The van der Waals surface area contributed by atoms with Gasteiger partial charge in [0.2, 0.25) is 0 Å². The van der Waals surface area contributed by atoms with Gasteiger partial charge in [0.15, 0.2) is 25.0 Å². The van der Waals surface area contributed by atoms with Gasteiger partial charge in [0.1, 0.15) is 72.7 Å². The average molecular weight is 957 g/mol. The molecule has 0 aromatic carbocycles. The Hall–Kier alpha value is -2.25. The highest BCUT2D eigenvalue weighted by Crippen LogP contribution is 2.75. The number of carbonyl (C=O) groups is 3. The maximum atomic E-state index is 13.6. The molecule has 0 radical (unpaired) electrons. The van der Waals surface area contributed by atoms with Crippen molar-refractivity contribution in [3.05, 3.63) is 11.6 Å². The maximum absolute atomic E-state index is 13.6. The number of carbonyl (C=O) groups excluding carboxylic acids is 1. The molecule has 8 rings (SSSR count). The van der Waals surface area contributed by atoms with Crippen LogP contribution in [0.1, 0.15) is 92.9 Å². The van der Waals surface area contributed by atoms with Gasteiger partial charge in [-0.1, -0.05) is 53.2 Å². The van der Waals surface area contributed by atoms with Gasteiger partial charge < -0.3 is 89.4 Å². The Morgan fingerprint density at radius 1 is 0.791 bits per heavy atom. The highest BCUT2D eigenvalue weighted by atomic mass is 16.8. The van der Waals surface area contributed by atoms with Crippen LogP contribution >= 0.6 is 0 Å². The summed E-state index contributed by atoms with van der Waals surface area (Å²) in [4.78, 5) is 39.6. The second-order valence-corrected chi connectivity index (χ2v) is 22.6. The van der Waals surface area contributed by atoms with Crippen LogP contribution in [0, 0.1) is 56.7 Å². The van der Waals surface area contributed by atoms with E-state index in [1.165, 1.54) is 0 Å². The van der Waals surface area contributed by atoms with Gasteiger partial charge in [-0.25, -0.2) is 4.79 Å². The zero-order chi connectivity index (χ0) is 49.1. The number of rotatable bonds is 10. The molecular weight excluding hydrogens is 884 g/mol. The van der Waals surface area contributed by atoms with Crippen molar-refractivity contribution in [3.63, 3.8) is 0 Å².